The Balaban J connectivity index is 0.000000188. The monoisotopic (exact) mass is 714 g/mol. The molecule has 0 saturated heterocycles. The van der Waals surface area contributed by atoms with Gasteiger partial charge in [0.15, 0.2) is 0 Å². The van der Waals surface area contributed by atoms with Gasteiger partial charge in [0.2, 0.25) is 0 Å². The van der Waals surface area contributed by atoms with Crippen LogP contribution in [0.25, 0.3) is 71.2 Å². The van der Waals surface area contributed by atoms with E-state index in [2.05, 4.69) is 100 Å². The molecule has 0 saturated carbocycles. The standard InChI is InChI=1S/C27H15N2.C11H8N.Ir/c1-2-10-19-17(8-1)16-18-9-7-12-21-25(18)26(19)20-11-3-5-14-23(20)29-24-15-6-4-13-22(24)28-27(21)29;1-2-6-10(7-3-1)11-8-4-5-9-12-11;/h1-11,13-16H;1-6,8-9H;/q2*-1;. The fraction of sp³-hybridized carbons (Fsp3) is 0. The van der Waals surface area contributed by atoms with Gasteiger partial charge < -0.3 is 9.38 Å². The van der Waals surface area contributed by atoms with Gasteiger partial charge in [-0.05, 0) is 51.5 Å². The van der Waals surface area contributed by atoms with Gasteiger partial charge in [0.1, 0.15) is 0 Å². The van der Waals surface area contributed by atoms with Crippen LogP contribution in [-0.2, 0) is 20.1 Å². The first-order chi connectivity index (χ1) is 20.4. The summed E-state index contributed by atoms with van der Waals surface area (Å²) in [5.74, 6) is 0. The second-order valence-corrected chi connectivity index (χ2v) is 10.1. The van der Waals surface area contributed by atoms with E-state index in [1.54, 1.807) is 6.20 Å². The fourth-order valence-corrected chi connectivity index (χ4v) is 5.91. The molecular weight excluding hydrogens is 691 g/mol. The quantitative estimate of drug-likeness (QED) is 0.125. The summed E-state index contributed by atoms with van der Waals surface area (Å²) in [4.78, 5) is 9.27. The zero-order valence-electron chi connectivity index (χ0n) is 22.5. The Kier molecular flexibility index (Phi) is 6.71. The first kappa shape index (κ1) is 26.0. The van der Waals surface area contributed by atoms with E-state index in [1.165, 1.54) is 37.8 Å². The van der Waals surface area contributed by atoms with E-state index in [9.17, 15) is 0 Å². The third kappa shape index (κ3) is 4.24. The summed E-state index contributed by atoms with van der Waals surface area (Å²) < 4.78 is 2.30. The Morgan fingerprint density at radius 1 is 0.571 bits per heavy atom. The second kappa shape index (κ2) is 10.8. The van der Waals surface area contributed by atoms with E-state index in [1.807, 2.05) is 54.6 Å². The van der Waals surface area contributed by atoms with Crippen LogP contribution in [0.5, 0.6) is 0 Å². The molecule has 0 amide bonds. The van der Waals surface area contributed by atoms with Crippen molar-refractivity contribution < 1.29 is 20.1 Å². The zero-order chi connectivity index (χ0) is 27.2. The molecule has 9 rings (SSSR count). The van der Waals surface area contributed by atoms with Gasteiger partial charge in [0, 0.05) is 31.8 Å². The van der Waals surface area contributed by atoms with Crippen LogP contribution < -0.4 is 0 Å². The van der Waals surface area contributed by atoms with Gasteiger partial charge in [-0.2, -0.15) is 0 Å². The topological polar surface area (TPSA) is 30.2 Å². The summed E-state index contributed by atoms with van der Waals surface area (Å²) in [5, 5.41) is 8.55. The van der Waals surface area contributed by atoms with E-state index >= 15 is 0 Å². The zero-order valence-corrected chi connectivity index (χ0v) is 24.8. The van der Waals surface area contributed by atoms with Gasteiger partial charge in [-0.15, -0.1) is 54.1 Å². The van der Waals surface area contributed by atoms with Gasteiger partial charge in [-0.1, -0.05) is 89.0 Å². The average Bonchev–Trinajstić information content (AvgIpc) is 3.38. The van der Waals surface area contributed by atoms with Crippen LogP contribution in [0.4, 0.5) is 0 Å². The van der Waals surface area contributed by atoms with Crippen LogP contribution in [0.3, 0.4) is 0 Å². The van der Waals surface area contributed by atoms with Crippen molar-refractivity contribution in [2.45, 2.75) is 0 Å². The van der Waals surface area contributed by atoms with Crippen LogP contribution in [0.2, 0.25) is 0 Å². The molecule has 0 aliphatic rings. The molecule has 0 spiro atoms. The van der Waals surface area contributed by atoms with Crippen molar-refractivity contribution in [3.05, 3.63) is 152 Å². The molecule has 9 aromatic rings. The molecule has 3 aromatic heterocycles. The summed E-state index contributed by atoms with van der Waals surface area (Å²) in [7, 11) is 0. The summed E-state index contributed by atoms with van der Waals surface area (Å²) in [6, 6.07) is 52.5. The fourth-order valence-electron chi connectivity index (χ4n) is 5.91. The third-order valence-electron chi connectivity index (χ3n) is 7.67. The predicted molar refractivity (Wildman–Crippen MR) is 170 cm³/mol. The number of hydrogen-bond acceptors (Lipinski definition) is 2. The number of imidazole rings is 1. The molecule has 0 atom stereocenters. The van der Waals surface area contributed by atoms with E-state index < -0.39 is 0 Å². The minimum atomic E-state index is 0. The first-order valence-corrected chi connectivity index (χ1v) is 13.7. The van der Waals surface area contributed by atoms with Crippen LogP contribution in [-0.4, -0.2) is 14.4 Å². The predicted octanol–water partition coefficient (Wildman–Crippen LogP) is 9.45. The maximum absolute atomic E-state index is 5.05. The molecule has 3 heterocycles. The number of aromatic nitrogens is 3. The maximum atomic E-state index is 5.05. The van der Waals surface area contributed by atoms with Crippen molar-refractivity contribution >= 4 is 59.9 Å². The van der Waals surface area contributed by atoms with E-state index in [0.29, 0.717) is 0 Å². The Labute approximate surface area is 256 Å². The Hall–Kier alpha value is -4.89. The van der Waals surface area contributed by atoms with Gasteiger partial charge >= 0.3 is 0 Å². The Morgan fingerprint density at radius 3 is 2.17 bits per heavy atom. The number of fused-ring (bicyclic) bond motifs is 9. The minimum absolute atomic E-state index is 0. The molecule has 1 radical (unpaired) electrons. The summed E-state index contributed by atoms with van der Waals surface area (Å²) in [5.41, 5.74) is 6.26. The van der Waals surface area contributed by atoms with Crippen molar-refractivity contribution in [3.63, 3.8) is 0 Å². The summed E-state index contributed by atoms with van der Waals surface area (Å²) >= 11 is 0. The SMILES string of the molecule is [Ir].[c-]1ccc2cc3ccccc3c3c4ccccc4n4c5ccccc5nc4c1c23.[c-]1ccccc1-c1ccccn1. The number of pyridine rings is 1. The maximum Gasteiger partial charge on any atom is 0.0774 e. The number of benzene rings is 6. The van der Waals surface area contributed by atoms with Gasteiger partial charge in [-0.3, -0.25) is 4.98 Å². The van der Waals surface area contributed by atoms with Crippen molar-refractivity contribution in [2.75, 3.05) is 0 Å². The van der Waals surface area contributed by atoms with Gasteiger partial charge in [0.05, 0.1) is 16.7 Å². The molecule has 0 aliphatic heterocycles. The van der Waals surface area contributed by atoms with Crippen molar-refractivity contribution in [3.8, 4) is 11.3 Å². The van der Waals surface area contributed by atoms with Crippen LogP contribution >= 0.6 is 0 Å². The number of hydrogen-bond donors (Lipinski definition) is 0. The minimum Gasteiger partial charge on any atom is -0.333 e. The van der Waals surface area contributed by atoms with Crippen LogP contribution in [0, 0.1) is 12.1 Å². The number of para-hydroxylation sites is 3. The number of rotatable bonds is 1. The van der Waals surface area contributed by atoms with E-state index in [0.717, 1.165) is 33.3 Å². The van der Waals surface area contributed by atoms with E-state index in [4.69, 9.17) is 4.98 Å². The molecule has 42 heavy (non-hydrogen) atoms. The van der Waals surface area contributed by atoms with Crippen molar-refractivity contribution in [1.29, 1.82) is 0 Å². The Bertz CT molecular complexity index is 2320. The van der Waals surface area contributed by atoms with Crippen LogP contribution in [0.15, 0.2) is 140 Å². The molecule has 3 nitrogen and oxygen atoms in total. The Morgan fingerprint density at radius 2 is 1.33 bits per heavy atom. The average molecular weight is 714 g/mol. The largest absolute Gasteiger partial charge is 0.333 e. The summed E-state index contributed by atoms with van der Waals surface area (Å²) in [6.07, 6.45) is 1.79. The molecule has 0 aliphatic carbocycles. The molecule has 0 N–H and O–H groups in total. The molecule has 0 unspecified atom stereocenters. The normalized spacial score (nSPS) is 11.1. The van der Waals surface area contributed by atoms with Crippen LogP contribution in [0.1, 0.15) is 0 Å². The molecular formula is C38H23IrN3-2. The first-order valence-electron chi connectivity index (χ1n) is 13.7. The summed E-state index contributed by atoms with van der Waals surface area (Å²) in [6.45, 7) is 0. The van der Waals surface area contributed by atoms with E-state index in [-0.39, 0.29) is 20.1 Å². The molecule has 0 fully saturated rings. The third-order valence-corrected chi connectivity index (χ3v) is 7.67. The molecule has 201 valence electrons. The molecule has 6 aromatic carbocycles. The smallest absolute Gasteiger partial charge is 0.0774 e. The molecule has 4 heteroatoms. The second-order valence-electron chi connectivity index (χ2n) is 10.1. The molecule has 0 bridgehead atoms. The van der Waals surface area contributed by atoms with Crippen molar-refractivity contribution in [2.24, 2.45) is 0 Å². The van der Waals surface area contributed by atoms with Gasteiger partial charge in [-0.25, -0.2) is 0 Å². The number of nitrogens with zero attached hydrogens (tertiary/aromatic N) is 3. The van der Waals surface area contributed by atoms with Crippen molar-refractivity contribution in [1.82, 2.24) is 14.4 Å². The van der Waals surface area contributed by atoms with Gasteiger partial charge in [0.25, 0.3) is 0 Å².